The number of rotatable bonds is 2. The monoisotopic (exact) mass is 328 g/mol. The van der Waals surface area contributed by atoms with Crippen LogP contribution in [0.4, 0.5) is 0 Å². The van der Waals surface area contributed by atoms with Crippen LogP contribution in [0, 0.1) is 0 Å². The third kappa shape index (κ3) is 2.61. The van der Waals surface area contributed by atoms with Crippen molar-refractivity contribution in [1.29, 1.82) is 0 Å². The van der Waals surface area contributed by atoms with Crippen LogP contribution < -0.4 is 0 Å². The van der Waals surface area contributed by atoms with Crippen molar-refractivity contribution in [1.82, 2.24) is 19.9 Å². The highest BCUT2D eigenvalue weighted by molar-refractivity contribution is 6.31. The van der Waals surface area contributed by atoms with Crippen LogP contribution in [0.1, 0.15) is 41.6 Å². The number of carbonyl (C=O) groups is 1. The molecule has 1 aliphatic heterocycles. The van der Waals surface area contributed by atoms with Crippen LogP contribution in [-0.2, 0) is 0 Å². The SMILES string of the molecule is O=C(c1cc2cc(Cl)ccc2[nH]1)N1CCCCC1c1ncc[nH]1. The number of nitrogens with one attached hydrogen (secondary N) is 2. The minimum Gasteiger partial charge on any atom is -0.351 e. The third-order valence-electron chi connectivity index (χ3n) is 4.41. The molecule has 0 bridgehead atoms. The number of aromatic amines is 2. The summed E-state index contributed by atoms with van der Waals surface area (Å²) in [6.45, 7) is 0.750. The molecule has 1 amide bonds. The van der Waals surface area contributed by atoms with Gasteiger partial charge in [-0.3, -0.25) is 4.79 Å². The van der Waals surface area contributed by atoms with Crippen molar-refractivity contribution in [3.63, 3.8) is 0 Å². The zero-order valence-corrected chi connectivity index (χ0v) is 13.3. The Balaban J connectivity index is 1.67. The summed E-state index contributed by atoms with van der Waals surface area (Å²) in [4.78, 5) is 25.6. The van der Waals surface area contributed by atoms with Gasteiger partial charge in [-0.1, -0.05) is 11.6 Å². The summed E-state index contributed by atoms with van der Waals surface area (Å²) >= 11 is 6.03. The quantitative estimate of drug-likeness (QED) is 0.749. The van der Waals surface area contributed by atoms with Crippen molar-refractivity contribution in [3.8, 4) is 0 Å². The van der Waals surface area contributed by atoms with E-state index in [2.05, 4.69) is 15.0 Å². The van der Waals surface area contributed by atoms with E-state index in [1.165, 1.54) is 0 Å². The maximum Gasteiger partial charge on any atom is 0.270 e. The van der Waals surface area contributed by atoms with Gasteiger partial charge in [-0.15, -0.1) is 0 Å². The van der Waals surface area contributed by atoms with Crippen molar-refractivity contribution >= 4 is 28.4 Å². The van der Waals surface area contributed by atoms with E-state index < -0.39 is 0 Å². The van der Waals surface area contributed by atoms with Crippen LogP contribution in [0.2, 0.25) is 5.02 Å². The predicted octanol–water partition coefficient (Wildman–Crippen LogP) is 3.91. The van der Waals surface area contributed by atoms with E-state index in [0.717, 1.165) is 42.5 Å². The van der Waals surface area contributed by atoms with E-state index in [4.69, 9.17) is 11.6 Å². The van der Waals surface area contributed by atoms with Crippen LogP contribution in [0.5, 0.6) is 0 Å². The third-order valence-corrected chi connectivity index (χ3v) is 4.65. The molecule has 118 valence electrons. The molecular formula is C17H17ClN4O. The lowest BCUT2D eigenvalue weighted by atomic mass is 10.0. The number of carbonyl (C=O) groups excluding carboxylic acids is 1. The number of amides is 1. The molecule has 0 spiro atoms. The maximum absolute atomic E-state index is 13.0. The van der Waals surface area contributed by atoms with Gasteiger partial charge in [0.15, 0.2) is 0 Å². The number of imidazole rings is 1. The zero-order chi connectivity index (χ0) is 15.8. The molecule has 2 N–H and O–H groups in total. The number of piperidine rings is 1. The molecule has 3 aromatic rings. The Morgan fingerprint density at radius 2 is 2.22 bits per heavy atom. The van der Waals surface area contributed by atoms with Crippen LogP contribution in [0.25, 0.3) is 10.9 Å². The molecule has 5 nitrogen and oxygen atoms in total. The second-order valence-corrected chi connectivity index (χ2v) is 6.34. The molecule has 6 heteroatoms. The Bertz CT molecular complexity index is 840. The standard InChI is InChI=1S/C17H17ClN4O/c18-12-4-5-13-11(9-12)10-14(21-13)17(23)22-8-2-1-3-15(22)16-19-6-7-20-16/h4-7,9-10,15,21H,1-3,8H2,(H,19,20). The molecule has 1 saturated heterocycles. The molecule has 1 atom stereocenters. The highest BCUT2D eigenvalue weighted by atomic mass is 35.5. The molecule has 4 rings (SSSR count). The largest absolute Gasteiger partial charge is 0.351 e. The Hall–Kier alpha value is -2.27. The molecular weight excluding hydrogens is 312 g/mol. The summed E-state index contributed by atoms with van der Waals surface area (Å²) in [5.74, 6) is 0.871. The highest BCUT2D eigenvalue weighted by Crippen LogP contribution is 2.30. The number of H-pyrrole nitrogens is 2. The molecule has 1 fully saturated rings. The number of nitrogens with zero attached hydrogens (tertiary/aromatic N) is 2. The molecule has 0 saturated carbocycles. The van der Waals surface area contributed by atoms with Crippen molar-refractivity contribution in [2.45, 2.75) is 25.3 Å². The summed E-state index contributed by atoms with van der Waals surface area (Å²) in [6, 6.07) is 7.47. The van der Waals surface area contributed by atoms with Gasteiger partial charge in [0.25, 0.3) is 5.91 Å². The predicted molar refractivity (Wildman–Crippen MR) is 89.5 cm³/mol. The van der Waals surface area contributed by atoms with Crippen molar-refractivity contribution in [2.24, 2.45) is 0 Å². The summed E-state index contributed by atoms with van der Waals surface area (Å²) in [6.07, 6.45) is 6.60. The molecule has 23 heavy (non-hydrogen) atoms. The average molecular weight is 329 g/mol. The average Bonchev–Trinajstić information content (AvgIpc) is 3.23. The van der Waals surface area contributed by atoms with Crippen LogP contribution in [0.3, 0.4) is 0 Å². The lowest BCUT2D eigenvalue weighted by Gasteiger charge is -2.34. The van der Waals surface area contributed by atoms with Gasteiger partial charge in [-0.05, 0) is 43.5 Å². The van der Waals surface area contributed by atoms with Crippen molar-refractivity contribution < 1.29 is 4.79 Å². The molecule has 0 radical (unpaired) electrons. The Morgan fingerprint density at radius 1 is 1.30 bits per heavy atom. The second-order valence-electron chi connectivity index (χ2n) is 5.90. The van der Waals surface area contributed by atoms with Gasteiger partial charge < -0.3 is 14.9 Å². The van der Waals surface area contributed by atoms with Crippen LogP contribution in [-0.4, -0.2) is 32.3 Å². The zero-order valence-electron chi connectivity index (χ0n) is 12.6. The number of aromatic nitrogens is 3. The second kappa shape index (κ2) is 5.74. The van der Waals surface area contributed by atoms with E-state index in [0.29, 0.717) is 10.7 Å². The fraction of sp³-hybridized carbons (Fsp3) is 0.294. The number of hydrogen-bond donors (Lipinski definition) is 2. The summed E-state index contributed by atoms with van der Waals surface area (Å²) in [5, 5.41) is 1.62. The topological polar surface area (TPSA) is 64.8 Å². The summed E-state index contributed by atoms with van der Waals surface area (Å²) in [7, 11) is 0. The number of benzene rings is 1. The van der Waals surface area contributed by atoms with Gasteiger partial charge in [0, 0.05) is 34.9 Å². The first-order valence-electron chi connectivity index (χ1n) is 7.81. The van der Waals surface area contributed by atoms with E-state index in [1.807, 2.05) is 29.2 Å². The van der Waals surface area contributed by atoms with Crippen molar-refractivity contribution in [3.05, 3.63) is 53.2 Å². The van der Waals surface area contributed by atoms with Gasteiger partial charge in [0.2, 0.25) is 0 Å². The summed E-state index contributed by atoms with van der Waals surface area (Å²) in [5.41, 5.74) is 1.52. The summed E-state index contributed by atoms with van der Waals surface area (Å²) < 4.78 is 0. The molecule has 1 unspecified atom stereocenters. The van der Waals surface area contributed by atoms with Crippen LogP contribution >= 0.6 is 11.6 Å². The van der Waals surface area contributed by atoms with Gasteiger partial charge >= 0.3 is 0 Å². The molecule has 1 aromatic carbocycles. The Kier molecular flexibility index (Phi) is 3.58. The first-order valence-corrected chi connectivity index (χ1v) is 8.19. The maximum atomic E-state index is 13.0. The van der Waals surface area contributed by atoms with Crippen molar-refractivity contribution in [2.75, 3.05) is 6.54 Å². The Morgan fingerprint density at radius 3 is 3.04 bits per heavy atom. The molecule has 3 heterocycles. The molecule has 0 aliphatic carbocycles. The first kappa shape index (κ1) is 14.3. The normalized spacial score (nSPS) is 18.5. The number of hydrogen-bond acceptors (Lipinski definition) is 2. The molecule has 2 aromatic heterocycles. The highest BCUT2D eigenvalue weighted by Gasteiger charge is 2.30. The lowest BCUT2D eigenvalue weighted by Crippen LogP contribution is -2.39. The molecule has 1 aliphatic rings. The van der Waals surface area contributed by atoms with E-state index in [-0.39, 0.29) is 11.9 Å². The van der Waals surface area contributed by atoms with E-state index in [9.17, 15) is 4.79 Å². The Labute approximate surface area is 138 Å². The minimum absolute atomic E-state index is 0.0124. The van der Waals surface area contributed by atoms with Gasteiger partial charge in [0.1, 0.15) is 11.5 Å². The lowest BCUT2D eigenvalue weighted by molar-refractivity contribution is 0.0596. The van der Waals surface area contributed by atoms with Crippen LogP contribution in [0.15, 0.2) is 36.7 Å². The van der Waals surface area contributed by atoms with E-state index >= 15 is 0 Å². The first-order chi connectivity index (χ1) is 11.2. The van der Waals surface area contributed by atoms with Gasteiger partial charge in [-0.25, -0.2) is 4.98 Å². The number of halogens is 1. The smallest absolute Gasteiger partial charge is 0.270 e. The minimum atomic E-state index is 0.0124. The number of likely N-dealkylation sites (tertiary alicyclic amines) is 1. The van der Waals surface area contributed by atoms with E-state index in [1.54, 1.807) is 12.4 Å². The fourth-order valence-corrected chi connectivity index (χ4v) is 3.47. The van der Waals surface area contributed by atoms with Gasteiger partial charge in [-0.2, -0.15) is 0 Å². The number of fused-ring (bicyclic) bond motifs is 1. The fourth-order valence-electron chi connectivity index (χ4n) is 3.29. The van der Waals surface area contributed by atoms with Gasteiger partial charge in [0.05, 0.1) is 6.04 Å².